The first-order chi connectivity index (χ1) is 13.7. The molecule has 0 aliphatic rings. The Balaban J connectivity index is 2.27. The molecule has 0 unspecified atom stereocenters. The fourth-order valence-electron chi connectivity index (χ4n) is 2.78. The number of amides is 1. The fourth-order valence-corrected chi connectivity index (χ4v) is 3.38. The Morgan fingerprint density at radius 3 is 2.48 bits per heavy atom. The van der Waals surface area contributed by atoms with Gasteiger partial charge in [-0.15, -0.1) is 11.8 Å². The molecule has 0 spiro atoms. The van der Waals surface area contributed by atoms with Crippen LogP contribution in [0.15, 0.2) is 53.4 Å². The van der Waals surface area contributed by atoms with Gasteiger partial charge in [0.2, 0.25) is 5.91 Å². The number of rotatable bonds is 9. The summed E-state index contributed by atoms with van der Waals surface area (Å²) in [6.45, 7) is 1.59. The van der Waals surface area contributed by atoms with Gasteiger partial charge in [-0.3, -0.25) is 4.79 Å². The van der Waals surface area contributed by atoms with Crippen molar-refractivity contribution < 1.29 is 18.0 Å². The van der Waals surface area contributed by atoms with Crippen molar-refractivity contribution in [2.24, 2.45) is 0 Å². The molecule has 0 heterocycles. The number of carbonyl (C=O) groups excluding carboxylic acids is 1. The predicted molar refractivity (Wildman–Crippen MR) is 112 cm³/mol. The van der Waals surface area contributed by atoms with Gasteiger partial charge in [0.1, 0.15) is 0 Å². The maximum absolute atomic E-state index is 13.1. The summed E-state index contributed by atoms with van der Waals surface area (Å²) < 4.78 is 39.2. The molecule has 2 aromatic rings. The molecule has 29 heavy (non-hydrogen) atoms. The van der Waals surface area contributed by atoms with E-state index in [0.717, 1.165) is 23.6 Å². The standard InChI is InChI=1S/C21H26F3N3OS/c1-26(2)12-11-25-14-20(28)27(18-9-4-5-10-19(18)29-3)15-16-7-6-8-17(13-16)21(22,23)24/h4-10,13,25H,11-12,14-15H2,1-3H3. The zero-order valence-electron chi connectivity index (χ0n) is 16.8. The molecular formula is C21H26F3N3OS. The molecule has 158 valence electrons. The van der Waals surface area contributed by atoms with Crippen LogP contribution in [0.25, 0.3) is 0 Å². The van der Waals surface area contributed by atoms with Crippen LogP contribution in [0.2, 0.25) is 0 Å². The minimum absolute atomic E-state index is 0.0652. The number of alkyl halides is 3. The summed E-state index contributed by atoms with van der Waals surface area (Å²) in [4.78, 5) is 17.4. The van der Waals surface area contributed by atoms with Crippen LogP contribution in [0, 0.1) is 0 Å². The molecule has 4 nitrogen and oxygen atoms in total. The Bertz CT molecular complexity index is 812. The summed E-state index contributed by atoms with van der Waals surface area (Å²) in [7, 11) is 3.89. The highest BCUT2D eigenvalue weighted by atomic mass is 32.2. The molecule has 1 N–H and O–H groups in total. The number of hydrogen-bond donors (Lipinski definition) is 1. The van der Waals surface area contributed by atoms with Gasteiger partial charge in [0.05, 0.1) is 24.3 Å². The van der Waals surface area contributed by atoms with Crippen molar-refractivity contribution in [3.63, 3.8) is 0 Å². The van der Waals surface area contributed by atoms with Gasteiger partial charge in [-0.2, -0.15) is 13.2 Å². The first kappa shape index (κ1) is 23.3. The minimum atomic E-state index is -4.42. The molecule has 0 saturated carbocycles. The lowest BCUT2D eigenvalue weighted by Gasteiger charge is -2.26. The Morgan fingerprint density at radius 2 is 1.83 bits per heavy atom. The Morgan fingerprint density at radius 1 is 1.10 bits per heavy atom. The first-order valence-corrected chi connectivity index (χ1v) is 10.4. The lowest BCUT2D eigenvalue weighted by atomic mass is 10.1. The minimum Gasteiger partial charge on any atom is -0.308 e. The Hall–Kier alpha value is -2.03. The lowest BCUT2D eigenvalue weighted by Crippen LogP contribution is -2.40. The van der Waals surface area contributed by atoms with E-state index >= 15 is 0 Å². The summed E-state index contributed by atoms with van der Waals surface area (Å²) in [5, 5.41) is 3.11. The number of anilines is 1. The molecule has 0 atom stereocenters. The van der Waals surface area contributed by atoms with Crippen LogP contribution in [0.4, 0.5) is 18.9 Å². The van der Waals surface area contributed by atoms with Crippen molar-refractivity contribution in [2.45, 2.75) is 17.6 Å². The van der Waals surface area contributed by atoms with Gasteiger partial charge >= 0.3 is 6.18 Å². The van der Waals surface area contributed by atoms with E-state index in [1.165, 1.54) is 17.8 Å². The number of halogens is 3. The van der Waals surface area contributed by atoms with E-state index in [1.54, 1.807) is 11.0 Å². The van der Waals surface area contributed by atoms with Crippen molar-refractivity contribution in [1.29, 1.82) is 0 Å². The first-order valence-electron chi connectivity index (χ1n) is 9.17. The van der Waals surface area contributed by atoms with Crippen molar-refractivity contribution in [3.8, 4) is 0 Å². The number of likely N-dealkylation sites (N-methyl/N-ethyl adjacent to an activating group) is 1. The quantitative estimate of drug-likeness (QED) is 0.485. The van der Waals surface area contributed by atoms with E-state index in [1.807, 2.05) is 49.5 Å². The van der Waals surface area contributed by atoms with Crippen molar-refractivity contribution in [3.05, 3.63) is 59.7 Å². The van der Waals surface area contributed by atoms with E-state index in [4.69, 9.17) is 0 Å². The number of hydrogen-bond acceptors (Lipinski definition) is 4. The van der Waals surface area contributed by atoms with Crippen LogP contribution in [0.5, 0.6) is 0 Å². The Labute approximate surface area is 174 Å². The van der Waals surface area contributed by atoms with Crippen molar-refractivity contribution >= 4 is 23.4 Å². The molecule has 1 amide bonds. The van der Waals surface area contributed by atoms with E-state index < -0.39 is 11.7 Å². The SMILES string of the molecule is CSc1ccccc1N(Cc1cccc(C(F)(F)F)c1)C(=O)CNCCN(C)C. The van der Waals surface area contributed by atoms with Crippen LogP contribution in [0.3, 0.4) is 0 Å². The zero-order valence-corrected chi connectivity index (χ0v) is 17.6. The lowest BCUT2D eigenvalue weighted by molar-refractivity contribution is -0.137. The van der Waals surface area contributed by atoms with Gasteiger partial charge in [-0.1, -0.05) is 24.3 Å². The van der Waals surface area contributed by atoms with E-state index in [9.17, 15) is 18.0 Å². The molecule has 8 heteroatoms. The predicted octanol–water partition coefficient (Wildman–Crippen LogP) is 4.11. The molecule has 0 aliphatic carbocycles. The number of thioether (sulfide) groups is 1. The summed E-state index contributed by atoms with van der Waals surface area (Å²) in [6.07, 6.45) is -2.52. The number of nitrogens with one attached hydrogen (secondary N) is 1. The number of para-hydroxylation sites is 1. The van der Waals surface area contributed by atoms with Gasteiger partial charge in [0, 0.05) is 18.0 Å². The smallest absolute Gasteiger partial charge is 0.308 e. The number of benzene rings is 2. The molecule has 2 rings (SSSR count). The van der Waals surface area contributed by atoms with Crippen LogP contribution in [-0.4, -0.2) is 50.8 Å². The van der Waals surface area contributed by atoms with Gasteiger partial charge in [-0.25, -0.2) is 0 Å². The molecule has 0 aromatic heterocycles. The van der Waals surface area contributed by atoms with Crippen molar-refractivity contribution in [2.75, 3.05) is 44.9 Å². The van der Waals surface area contributed by atoms with E-state index in [2.05, 4.69) is 5.32 Å². The summed E-state index contributed by atoms with van der Waals surface area (Å²) >= 11 is 1.49. The third-order valence-electron chi connectivity index (χ3n) is 4.28. The average molecular weight is 426 g/mol. The second kappa shape index (κ2) is 10.7. The maximum atomic E-state index is 13.1. The topological polar surface area (TPSA) is 35.6 Å². The van der Waals surface area contributed by atoms with Crippen LogP contribution < -0.4 is 10.2 Å². The molecule has 0 fully saturated rings. The highest BCUT2D eigenvalue weighted by molar-refractivity contribution is 7.98. The molecule has 2 aromatic carbocycles. The van der Waals surface area contributed by atoms with Crippen LogP contribution in [-0.2, 0) is 17.5 Å². The highest BCUT2D eigenvalue weighted by Crippen LogP contribution is 2.32. The van der Waals surface area contributed by atoms with Gasteiger partial charge in [0.15, 0.2) is 0 Å². The van der Waals surface area contributed by atoms with E-state index in [-0.39, 0.29) is 19.0 Å². The summed E-state index contributed by atoms with van der Waals surface area (Å²) in [5.74, 6) is -0.192. The Kier molecular flexibility index (Phi) is 8.55. The van der Waals surface area contributed by atoms with Gasteiger partial charge in [0.25, 0.3) is 0 Å². The molecular weight excluding hydrogens is 399 g/mol. The highest BCUT2D eigenvalue weighted by Gasteiger charge is 2.30. The zero-order chi connectivity index (χ0) is 21.4. The largest absolute Gasteiger partial charge is 0.416 e. The normalized spacial score (nSPS) is 11.7. The molecule has 0 aliphatic heterocycles. The number of carbonyl (C=O) groups is 1. The molecule has 0 bridgehead atoms. The van der Waals surface area contributed by atoms with Gasteiger partial charge in [-0.05, 0) is 50.2 Å². The second-order valence-corrected chi connectivity index (χ2v) is 7.68. The van der Waals surface area contributed by atoms with E-state index in [0.29, 0.717) is 17.8 Å². The third-order valence-corrected chi connectivity index (χ3v) is 5.07. The third kappa shape index (κ3) is 7.06. The second-order valence-electron chi connectivity index (χ2n) is 6.83. The average Bonchev–Trinajstić information content (AvgIpc) is 2.68. The van der Waals surface area contributed by atoms with Gasteiger partial charge < -0.3 is 15.1 Å². The fraction of sp³-hybridized carbons (Fsp3) is 0.381. The maximum Gasteiger partial charge on any atom is 0.416 e. The van der Waals surface area contributed by atoms with Crippen LogP contribution >= 0.6 is 11.8 Å². The molecule has 0 radical (unpaired) electrons. The number of nitrogens with zero attached hydrogens (tertiary/aromatic N) is 2. The monoisotopic (exact) mass is 425 g/mol. The van der Waals surface area contributed by atoms with Crippen LogP contribution in [0.1, 0.15) is 11.1 Å². The summed E-state index contributed by atoms with van der Waals surface area (Å²) in [5.41, 5.74) is 0.402. The van der Waals surface area contributed by atoms with Crippen molar-refractivity contribution in [1.82, 2.24) is 10.2 Å². The summed E-state index contributed by atoms with van der Waals surface area (Å²) in [6, 6.07) is 12.5. The molecule has 0 saturated heterocycles.